The molecule has 0 aliphatic carbocycles. The van der Waals surface area contributed by atoms with Crippen molar-refractivity contribution in [2.45, 2.75) is 18.7 Å². The van der Waals surface area contributed by atoms with Crippen LogP contribution in [0.4, 0.5) is 28.0 Å². The van der Waals surface area contributed by atoms with E-state index in [0.29, 0.717) is 28.0 Å². The summed E-state index contributed by atoms with van der Waals surface area (Å²) in [6.45, 7) is 3.47. The summed E-state index contributed by atoms with van der Waals surface area (Å²) < 4.78 is 32.6. The van der Waals surface area contributed by atoms with Crippen molar-refractivity contribution in [3.63, 3.8) is 0 Å². The number of nitrogens with zero attached hydrogens (tertiary/aromatic N) is 5. The zero-order valence-corrected chi connectivity index (χ0v) is 18.1. The topological polar surface area (TPSA) is 135 Å². The Hall–Kier alpha value is -3.64. The Morgan fingerprint density at radius 2 is 1.71 bits per heavy atom. The Morgan fingerprint density at radius 1 is 0.968 bits per heavy atom. The average Bonchev–Trinajstić information content (AvgIpc) is 3.32. The lowest BCUT2D eigenvalue weighted by Gasteiger charge is -2.04. The number of hydrogen-bond donors (Lipinski definition) is 2. The van der Waals surface area contributed by atoms with Gasteiger partial charge >= 0.3 is 0 Å². The molecule has 4 aromatic rings. The molecule has 12 heteroatoms. The first-order valence-electron chi connectivity index (χ1n) is 9.04. The molecule has 4 rings (SSSR count). The zero-order chi connectivity index (χ0) is 21.8. The largest absolute Gasteiger partial charge is 0.357 e. The van der Waals surface area contributed by atoms with Crippen LogP contribution in [0.2, 0.25) is 0 Å². The molecule has 0 radical (unpaired) electrons. The van der Waals surface area contributed by atoms with E-state index in [1.165, 1.54) is 12.1 Å². The van der Waals surface area contributed by atoms with Crippen LogP contribution in [-0.2, 0) is 10.0 Å². The van der Waals surface area contributed by atoms with Crippen LogP contribution in [0.3, 0.4) is 0 Å². The van der Waals surface area contributed by atoms with Crippen molar-refractivity contribution >= 4 is 49.4 Å². The lowest BCUT2D eigenvalue weighted by atomic mass is 10.3. The summed E-state index contributed by atoms with van der Waals surface area (Å²) in [5, 5.41) is 23.9. The van der Waals surface area contributed by atoms with Gasteiger partial charge in [-0.05, 0) is 50.2 Å². The average molecular weight is 456 g/mol. The van der Waals surface area contributed by atoms with Gasteiger partial charge in [0.05, 0.1) is 10.6 Å². The summed E-state index contributed by atoms with van der Waals surface area (Å²) in [6.07, 6.45) is 0. The SMILES string of the molecule is Cc1nnc(NS(=O)(=O)c2ccc(N=Nc3c(Nc4ccccc4)noc3C)cc2)s1. The van der Waals surface area contributed by atoms with Gasteiger partial charge in [-0.25, -0.2) is 8.42 Å². The minimum absolute atomic E-state index is 0.0758. The summed E-state index contributed by atoms with van der Waals surface area (Å²) in [5.74, 6) is 0.932. The number of sulfonamides is 1. The third kappa shape index (κ3) is 4.92. The van der Waals surface area contributed by atoms with E-state index in [2.05, 4.69) is 35.6 Å². The molecule has 2 N–H and O–H groups in total. The highest BCUT2D eigenvalue weighted by Crippen LogP contribution is 2.32. The van der Waals surface area contributed by atoms with E-state index >= 15 is 0 Å². The molecular weight excluding hydrogens is 438 g/mol. The van der Waals surface area contributed by atoms with Crippen molar-refractivity contribution in [2.24, 2.45) is 10.2 Å². The van der Waals surface area contributed by atoms with Gasteiger partial charge in [-0.1, -0.05) is 34.7 Å². The normalized spacial score (nSPS) is 11.7. The van der Waals surface area contributed by atoms with E-state index < -0.39 is 10.0 Å². The molecular formula is C19H17N7O3S2. The second-order valence-corrected chi connectivity index (χ2v) is 9.22. The molecule has 2 aromatic carbocycles. The third-order valence-corrected chi connectivity index (χ3v) is 6.27. The summed E-state index contributed by atoms with van der Waals surface area (Å²) in [6, 6.07) is 15.5. The van der Waals surface area contributed by atoms with Gasteiger partial charge in [0.2, 0.25) is 10.9 Å². The molecule has 158 valence electrons. The van der Waals surface area contributed by atoms with E-state index in [1.54, 1.807) is 26.0 Å². The molecule has 10 nitrogen and oxygen atoms in total. The minimum Gasteiger partial charge on any atom is -0.357 e. The van der Waals surface area contributed by atoms with Crippen LogP contribution in [0.5, 0.6) is 0 Å². The summed E-state index contributed by atoms with van der Waals surface area (Å²) in [7, 11) is -3.77. The van der Waals surface area contributed by atoms with Crippen molar-refractivity contribution in [1.82, 2.24) is 15.4 Å². The van der Waals surface area contributed by atoms with Crippen LogP contribution in [0.25, 0.3) is 0 Å². The second-order valence-electron chi connectivity index (χ2n) is 6.35. The van der Waals surface area contributed by atoms with Gasteiger partial charge in [0.25, 0.3) is 10.0 Å². The van der Waals surface area contributed by atoms with Crippen LogP contribution >= 0.6 is 11.3 Å². The van der Waals surface area contributed by atoms with Crippen molar-refractivity contribution in [3.05, 3.63) is 65.4 Å². The number of nitrogens with one attached hydrogen (secondary N) is 2. The zero-order valence-electron chi connectivity index (χ0n) is 16.5. The Balaban J connectivity index is 1.50. The molecule has 0 unspecified atom stereocenters. The quantitative estimate of drug-likeness (QED) is 0.370. The van der Waals surface area contributed by atoms with E-state index in [0.717, 1.165) is 17.0 Å². The standard InChI is InChI=1S/C19H17N7O3S2/c1-12-17(18(25-29-12)20-14-6-4-3-5-7-14)23-22-15-8-10-16(11-9-15)31(27,28)26-19-24-21-13(2)30-19/h3-11H,1-2H3,(H,20,25)(H,24,26). The number of benzene rings is 2. The smallest absolute Gasteiger partial charge is 0.263 e. The van der Waals surface area contributed by atoms with Gasteiger partial charge in [0.15, 0.2) is 11.4 Å². The first-order valence-corrected chi connectivity index (χ1v) is 11.3. The van der Waals surface area contributed by atoms with E-state index in [4.69, 9.17) is 4.52 Å². The molecule has 0 spiro atoms. The lowest BCUT2D eigenvalue weighted by Crippen LogP contribution is -2.12. The summed E-state index contributed by atoms with van der Waals surface area (Å²) >= 11 is 1.16. The molecule has 0 fully saturated rings. The van der Waals surface area contributed by atoms with Crippen LogP contribution in [0.15, 0.2) is 74.2 Å². The summed E-state index contributed by atoms with van der Waals surface area (Å²) in [5.41, 5.74) is 1.76. The molecule has 0 amide bonds. The molecule has 2 heterocycles. The highest BCUT2D eigenvalue weighted by atomic mass is 32.2. The van der Waals surface area contributed by atoms with Gasteiger partial charge in [-0.2, -0.15) is 5.11 Å². The molecule has 0 aliphatic rings. The Bertz CT molecular complexity index is 1310. The van der Waals surface area contributed by atoms with Crippen molar-refractivity contribution in [3.8, 4) is 0 Å². The molecule has 0 atom stereocenters. The van der Waals surface area contributed by atoms with Crippen LogP contribution in [-0.4, -0.2) is 23.8 Å². The van der Waals surface area contributed by atoms with Crippen molar-refractivity contribution in [1.29, 1.82) is 0 Å². The third-order valence-electron chi connectivity index (χ3n) is 4.03. The fraction of sp³-hybridized carbons (Fsp3) is 0.105. The first-order chi connectivity index (χ1) is 14.9. The van der Waals surface area contributed by atoms with Crippen molar-refractivity contribution in [2.75, 3.05) is 10.0 Å². The second kappa shape index (κ2) is 8.62. The number of aromatic nitrogens is 3. The molecule has 0 aliphatic heterocycles. The maximum Gasteiger partial charge on any atom is 0.263 e. The van der Waals surface area contributed by atoms with Gasteiger partial charge in [0, 0.05) is 5.69 Å². The van der Waals surface area contributed by atoms with E-state index in [1.807, 2.05) is 30.3 Å². The van der Waals surface area contributed by atoms with Crippen LogP contribution in [0, 0.1) is 13.8 Å². The maximum absolute atomic E-state index is 12.5. The maximum atomic E-state index is 12.5. The fourth-order valence-corrected chi connectivity index (χ4v) is 4.36. The number of rotatable bonds is 7. The monoisotopic (exact) mass is 455 g/mol. The highest BCUT2D eigenvalue weighted by molar-refractivity contribution is 7.93. The molecule has 0 bridgehead atoms. The van der Waals surface area contributed by atoms with Gasteiger partial charge in [-0.3, -0.25) is 4.72 Å². The predicted molar refractivity (Wildman–Crippen MR) is 117 cm³/mol. The number of aryl methyl sites for hydroxylation is 2. The predicted octanol–water partition coefficient (Wildman–Crippen LogP) is 5.10. The first kappa shape index (κ1) is 20.6. The Labute approximate surface area is 182 Å². The highest BCUT2D eigenvalue weighted by Gasteiger charge is 2.17. The minimum atomic E-state index is -3.77. The fourth-order valence-electron chi connectivity index (χ4n) is 2.54. The number of para-hydroxylation sites is 1. The van der Waals surface area contributed by atoms with Gasteiger partial charge in [-0.15, -0.1) is 15.3 Å². The molecule has 31 heavy (non-hydrogen) atoms. The summed E-state index contributed by atoms with van der Waals surface area (Å²) in [4.78, 5) is 0.0758. The molecule has 0 saturated carbocycles. The lowest BCUT2D eigenvalue weighted by molar-refractivity contribution is 0.400. The molecule has 2 aromatic heterocycles. The van der Waals surface area contributed by atoms with E-state index in [9.17, 15) is 8.42 Å². The van der Waals surface area contributed by atoms with Crippen LogP contribution < -0.4 is 10.0 Å². The number of azo groups is 1. The van der Waals surface area contributed by atoms with Crippen LogP contribution in [0.1, 0.15) is 10.8 Å². The number of hydrogen-bond acceptors (Lipinski definition) is 10. The van der Waals surface area contributed by atoms with Gasteiger partial charge in [0.1, 0.15) is 5.01 Å². The molecule has 0 saturated heterocycles. The number of anilines is 3. The van der Waals surface area contributed by atoms with Crippen molar-refractivity contribution < 1.29 is 12.9 Å². The van der Waals surface area contributed by atoms with E-state index in [-0.39, 0.29) is 10.0 Å². The Kier molecular flexibility index (Phi) is 5.73. The Morgan fingerprint density at radius 3 is 2.39 bits per heavy atom. The van der Waals surface area contributed by atoms with Gasteiger partial charge < -0.3 is 9.84 Å².